The molecule has 0 aliphatic rings. The van der Waals surface area contributed by atoms with Gasteiger partial charge in [0, 0.05) is 18.6 Å². The summed E-state index contributed by atoms with van der Waals surface area (Å²) >= 11 is 0. The molecule has 0 N–H and O–H groups in total. The van der Waals surface area contributed by atoms with E-state index in [9.17, 15) is 4.79 Å². The molecular weight excluding hydrogens is 206 g/mol. The first-order valence-electron chi connectivity index (χ1n) is 4.83. The van der Waals surface area contributed by atoms with Crippen molar-refractivity contribution in [2.45, 2.75) is 6.92 Å². The number of aromatic nitrogens is 1. The number of carbonyl (C=O) groups excluding carboxylic acids is 1. The third-order valence-corrected chi connectivity index (χ3v) is 2.25. The summed E-state index contributed by atoms with van der Waals surface area (Å²) in [6, 6.07) is 8.98. The molecule has 1 heterocycles. The van der Waals surface area contributed by atoms with Crippen LogP contribution in [0.2, 0.25) is 0 Å². The van der Waals surface area contributed by atoms with Crippen LogP contribution in [0.4, 0.5) is 0 Å². The molecule has 0 unspecified atom stereocenters. The Morgan fingerprint density at radius 2 is 2.00 bits per heavy atom. The van der Waals surface area contributed by atoms with Gasteiger partial charge in [-0.25, -0.2) is 0 Å². The van der Waals surface area contributed by atoms with E-state index in [0.717, 1.165) is 11.3 Å². The van der Waals surface area contributed by atoms with Crippen LogP contribution < -0.4 is 4.74 Å². The predicted molar refractivity (Wildman–Crippen MR) is 58.5 cm³/mol. The van der Waals surface area contributed by atoms with E-state index in [-0.39, 0.29) is 5.78 Å². The Kier molecular flexibility index (Phi) is 2.72. The first-order valence-corrected chi connectivity index (χ1v) is 4.83. The average Bonchev–Trinajstić information content (AvgIpc) is 2.78. The molecule has 0 aliphatic carbocycles. The number of benzene rings is 1. The lowest BCUT2D eigenvalue weighted by atomic mass is 10.1. The Hall–Kier alpha value is -2.10. The van der Waals surface area contributed by atoms with Crippen LogP contribution in [0.1, 0.15) is 17.4 Å². The van der Waals surface area contributed by atoms with Crippen molar-refractivity contribution in [2.24, 2.45) is 0 Å². The number of hydrogen-bond donors (Lipinski definition) is 0. The third kappa shape index (κ3) is 1.95. The van der Waals surface area contributed by atoms with E-state index in [1.165, 1.54) is 6.92 Å². The van der Waals surface area contributed by atoms with E-state index in [0.29, 0.717) is 11.5 Å². The van der Waals surface area contributed by atoms with Crippen molar-refractivity contribution in [1.29, 1.82) is 0 Å². The van der Waals surface area contributed by atoms with Gasteiger partial charge in [0.2, 0.25) is 0 Å². The van der Waals surface area contributed by atoms with Crippen LogP contribution in [0.5, 0.6) is 5.75 Å². The summed E-state index contributed by atoms with van der Waals surface area (Å²) in [4.78, 5) is 11.0. The molecule has 1 aromatic heterocycles. The summed E-state index contributed by atoms with van der Waals surface area (Å²) in [6.07, 6.45) is 0. The summed E-state index contributed by atoms with van der Waals surface area (Å²) in [5.41, 5.74) is 1.20. The highest BCUT2D eigenvalue weighted by molar-refractivity contribution is 5.92. The summed E-state index contributed by atoms with van der Waals surface area (Å²) < 4.78 is 10.1. The molecule has 0 spiro atoms. The molecule has 0 aliphatic heterocycles. The van der Waals surface area contributed by atoms with Crippen LogP contribution in [0.15, 0.2) is 34.9 Å². The molecular formula is C12H11NO3. The lowest BCUT2D eigenvalue weighted by Crippen LogP contribution is -1.89. The Labute approximate surface area is 92.8 Å². The average molecular weight is 217 g/mol. The molecule has 0 bridgehead atoms. The van der Waals surface area contributed by atoms with E-state index >= 15 is 0 Å². The minimum atomic E-state index is -0.108. The smallest absolute Gasteiger partial charge is 0.181 e. The van der Waals surface area contributed by atoms with Crippen LogP contribution in [-0.4, -0.2) is 18.0 Å². The number of methoxy groups -OCH3 is 1. The molecule has 0 amide bonds. The van der Waals surface area contributed by atoms with E-state index in [2.05, 4.69) is 5.16 Å². The highest BCUT2D eigenvalue weighted by Crippen LogP contribution is 2.23. The molecule has 0 saturated carbocycles. The number of hydrogen-bond acceptors (Lipinski definition) is 4. The number of rotatable bonds is 3. The zero-order valence-corrected chi connectivity index (χ0v) is 9.06. The molecule has 1 aromatic carbocycles. The lowest BCUT2D eigenvalue weighted by molar-refractivity contribution is 0.100. The van der Waals surface area contributed by atoms with Gasteiger partial charge < -0.3 is 9.26 Å². The number of nitrogens with zero attached hydrogens (tertiary/aromatic N) is 1. The molecule has 0 fully saturated rings. The molecule has 16 heavy (non-hydrogen) atoms. The molecule has 82 valence electrons. The Morgan fingerprint density at radius 1 is 1.31 bits per heavy atom. The molecule has 0 saturated heterocycles. The second-order valence-electron chi connectivity index (χ2n) is 3.36. The molecule has 4 heteroatoms. The van der Waals surface area contributed by atoms with Gasteiger partial charge in [0.15, 0.2) is 11.5 Å². The lowest BCUT2D eigenvalue weighted by Gasteiger charge is -1.99. The maximum absolute atomic E-state index is 11.0. The van der Waals surface area contributed by atoms with Crippen molar-refractivity contribution in [1.82, 2.24) is 5.16 Å². The Balaban J connectivity index is 2.31. The van der Waals surface area contributed by atoms with Gasteiger partial charge in [0.05, 0.1) is 7.11 Å². The van der Waals surface area contributed by atoms with E-state index < -0.39 is 0 Å². The number of ketones is 1. The fourth-order valence-corrected chi connectivity index (χ4v) is 1.33. The van der Waals surface area contributed by atoms with Crippen molar-refractivity contribution < 1.29 is 14.1 Å². The summed E-state index contributed by atoms with van der Waals surface area (Å²) in [7, 11) is 1.61. The molecule has 2 rings (SSSR count). The van der Waals surface area contributed by atoms with Crippen molar-refractivity contribution >= 4 is 5.78 Å². The van der Waals surface area contributed by atoms with Gasteiger partial charge in [0.1, 0.15) is 11.4 Å². The van der Waals surface area contributed by atoms with Gasteiger partial charge >= 0.3 is 0 Å². The van der Waals surface area contributed by atoms with E-state index in [4.69, 9.17) is 9.26 Å². The zero-order chi connectivity index (χ0) is 11.5. The van der Waals surface area contributed by atoms with Gasteiger partial charge in [-0.15, -0.1) is 0 Å². The topological polar surface area (TPSA) is 52.3 Å². The normalized spacial score (nSPS) is 10.1. The van der Waals surface area contributed by atoms with Gasteiger partial charge in [0.25, 0.3) is 0 Å². The van der Waals surface area contributed by atoms with Gasteiger partial charge in [-0.3, -0.25) is 4.79 Å². The second kappa shape index (κ2) is 4.18. The first-order chi connectivity index (χ1) is 7.70. The minimum absolute atomic E-state index is 0.108. The van der Waals surface area contributed by atoms with Crippen molar-refractivity contribution in [2.75, 3.05) is 7.11 Å². The molecule has 0 radical (unpaired) electrons. The Bertz CT molecular complexity index is 499. The maximum Gasteiger partial charge on any atom is 0.181 e. The van der Waals surface area contributed by atoms with Gasteiger partial charge in [-0.1, -0.05) is 5.16 Å². The Morgan fingerprint density at radius 3 is 2.50 bits per heavy atom. The quantitative estimate of drug-likeness (QED) is 0.741. The van der Waals surface area contributed by atoms with Crippen molar-refractivity contribution in [3.05, 3.63) is 36.0 Å². The molecule has 0 atom stereocenters. The van der Waals surface area contributed by atoms with Crippen LogP contribution in [-0.2, 0) is 0 Å². The number of ether oxygens (including phenoxy) is 1. The summed E-state index contributed by atoms with van der Waals surface area (Å²) in [5, 5.41) is 3.68. The highest BCUT2D eigenvalue weighted by Gasteiger charge is 2.09. The second-order valence-corrected chi connectivity index (χ2v) is 3.36. The largest absolute Gasteiger partial charge is 0.497 e. The SMILES string of the molecule is COc1ccc(-c2cc(C(C)=O)no2)cc1. The minimum Gasteiger partial charge on any atom is -0.497 e. The molecule has 2 aromatic rings. The predicted octanol–water partition coefficient (Wildman–Crippen LogP) is 2.55. The van der Waals surface area contributed by atoms with Gasteiger partial charge in [-0.05, 0) is 24.3 Å². The van der Waals surface area contributed by atoms with E-state index in [1.54, 1.807) is 13.2 Å². The first kappa shape index (κ1) is 10.4. The molecule has 4 nitrogen and oxygen atoms in total. The highest BCUT2D eigenvalue weighted by atomic mass is 16.5. The van der Waals surface area contributed by atoms with Crippen molar-refractivity contribution in [3.8, 4) is 17.1 Å². The fourth-order valence-electron chi connectivity index (χ4n) is 1.33. The summed E-state index contributed by atoms with van der Waals surface area (Å²) in [5.74, 6) is 1.24. The van der Waals surface area contributed by atoms with Crippen LogP contribution >= 0.6 is 0 Å². The monoisotopic (exact) mass is 217 g/mol. The number of Topliss-reactive ketones (excluding diaryl/α,β-unsaturated/α-hetero) is 1. The standard InChI is InChI=1S/C12H11NO3/c1-8(14)11-7-12(16-13-11)9-3-5-10(15-2)6-4-9/h3-7H,1-2H3. The van der Waals surface area contributed by atoms with Gasteiger partial charge in [-0.2, -0.15) is 0 Å². The maximum atomic E-state index is 11.0. The zero-order valence-electron chi connectivity index (χ0n) is 9.06. The van der Waals surface area contributed by atoms with Crippen LogP contribution in [0.25, 0.3) is 11.3 Å². The fraction of sp³-hybridized carbons (Fsp3) is 0.167. The number of carbonyl (C=O) groups is 1. The van der Waals surface area contributed by atoms with E-state index in [1.807, 2.05) is 24.3 Å². The van der Waals surface area contributed by atoms with Crippen molar-refractivity contribution in [3.63, 3.8) is 0 Å². The van der Waals surface area contributed by atoms with Crippen LogP contribution in [0, 0.1) is 0 Å². The third-order valence-electron chi connectivity index (χ3n) is 2.25. The van der Waals surface area contributed by atoms with Crippen LogP contribution in [0.3, 0.4) is 0 Å². The summed E-state index contributed by atoms with van der Waals surface area (Å²) in [6.45, 7) is 1.45.